The molecule has 3 atom stereocenters. The summed E-state index contributed by atoms with van der Waals surface area (Å²) in [6, 6.07) is 1.50. The molecule has 2 aliphatic rings. The van der Waals surface area contributed by atoms with Gasteiger partial charge in [-0.3, -0.25) is 9.58 Å². The normalized spacial score (nSPS) is 28.3. The van der Waals surface area contributed by atoms with Crippen LogP contribution in [0.25, 0.3) is 0 Å². The molecule has 2 aromatic heterocycles. The summed E-state index contributed by atoms with van der Waals surface area (Å²) in [5.41, 5.74) is 1.07. The molecule has 1 fully saturated rings. The zero-order valence-corrected chi connectivity index (χ0v) is 16.0. The number of nitrogens with zero attached hydrogens (tertiary/aromatic N) is 4. The second kappa shape index (κ2) is 6.49. The zero-order valence-electron chi connectivity index (χ0n) is 14.4. The van der Waals surface area contributed by atoms with E-state index in [1.807, 2.05) is 6.07 Å². The molecule has 4 rings (SSSR count). The fraction of sp³-hybridized carbons (Fsp3) is 0.562. The fourth-order valence-electron chi connectivity index (χ4n) is 3.88. The Balaban J connectivity index is 1.75. The van der Waals surface area contributed by atoms with Crippen LogP contribution in [0.15, 0.2) is 12.3 Å². The minimum absolute atomic E-state index is 0.160. The average molecular weight is 399 g/mol. The summed E-state index contributed by atoms with van der Waals surface area (Å²) in [5, 5.41) is 17.7. The van der Waals surface area contributed by atoms with Crippen LogP contribution in [0.5, 0.6) is 0 Å². The van der Waals surface area contributed by atoms with Crippen molar-refractivity contribution >= 4 is 29.0 Å². The highest BCUT2D eigenvalue weighted by atomic mass is 35.5. The van der Waals surface area contributed by atoms with Crippen molar-refractivity contribution in [3.63, 3.8) is 0 Å². The Kier molecular flexibility index (Phi) is 4.42. The maximum Gasteiger partial charge on any atom is 0.407 e. The van der Waals surface area contributed by atoms with E-state index < -0.39 is 17.7 Å². The van der Waals surface area contributed by atoms with Crippen molar-refractivity contribution in [1.29, 1.82) is 0 Å². The Labute approximate surface area is 159 Å². The van der Waals surface area contributed by atoms with E-state index in [1.54, 1.807) is 25.0 Å². The minimum atomic E-state index is -0.967. The highest BCUT2D eigenvalue weighted by Crippen LogP contribution is 2.53. The number of ether oxygens (including phenoxy) is 2. The monoisotopic (exact) mass is 398 g/mol. The molecule has 1 amide bonds. The van der Waals surface area contributed by atoms with Gasteiger partial charge in [-0.05, 0) is 12.5 Å². The van der Waals surface area contributed by atoms with E-state index in [1.165, 1.54) is 16.2 Å². The van der Waals surface area contributed by atoms with E-state index in [0.717, 1.165) is 10.4 Å². The van der Waals surface area contributed by atoms with Crippen LogP contribution in [-0.4, -0.2) is 51.4 Å². The van der Waals surface area contributed by atoms with Crippen molar-refractivity contribution in [2.75, 3.05) is 20.3 Å². The third-order valence-corrected chi connectivity index (χ3v) is 6.62. The number of carboxylic acid groups (broad SMARTS) is 1. The first kappa shape index (κ1) is 17.7. The standard InChI is InChI=1S/C16H19ClN4O4S/c1-20-7-10(18-19-20)11-6-16(3-4-21(11)15(22)23)14-9(5-13(17)26-14)12(24-2)8-25-16/h5,7,11-12H,3-4,6,8H2,1-2H3,(H,22,23)/t11-,12?,16-/m0/s1. The van der Waals surface area contributed by atoms with Crippen LogP contribution in [-0.2, 0) is 22.1 Å². The van der Waals surface area contributed by atoms with Crippen LogP contribution in [0.4, 0.5) is 4.79 Å². The second-order valence-corrected chi connectivity index (χ2v) is 8.31. The summed E-state index contributed by atoms with van der Waals surface area (Å²) < 4.78 is 14.1. The summed E-state index contributed by atoms with van der Waals surface area (Å²) in [5.74, 6) is 0. The molecule has 0 aliphatic carbocycles. The summed E-state index contributed by atoms with van der Waals surface area (Å²) in [7, 11) is 3.41. The molecular weight excluding hydrogens is 380 g/mol. The van der Waals surface area contributed by atoms with Gasteiger partial charge in [0.05, 0.1) is 23.2 Å². The van der Waals surface area contributed by atoms with Gasteiger partial charge in [0, 0.05) is 37.6 Å². The highest BCUT2D eigenvalue weighted by Gasteiger charge is 2.50. The average Bonchev–Trinajstić information content (AvgIpc) is 3.21. The maximum absolute atomic E-state index is 11.8. The number of thiophene rings is 1. The minimum Gasteiger partial charge on any atom is -0.465 e. The van der Waals surface area contributed by atoms with Gasteiger partial charge in [0.2, 0.25) is 0 Å². The number of aryl methyl sites for hydroxylation is 1. The van der Waals surface area contributed by atoms with Gasteiger partial charge in [0.25, 0.3) is 0 Å². The Hall–Kier alpha value is -1.68. The summed E-state index contributed by atoms with van der Waals surface area (Å²) in [4.78, 5) is 14.2. The first-order chi connectivity index (χ1) is 12.4. The molecule has 0 aromatic carbocycles. The lowest BCUT2D eigenvalue weighted by Crippen LogP contribution is -2.49. The number of amides is 1. The van der Waals surface area contributed by atoms with Gasteiger partial charge in [-0.2, -0.15) is 0 Å². The van der Waals surface area contributed by atoms with Gasteiger partial charge in [0.15, 0.2) is 0 Å². The number of likely N-dealkylation sites (tertiary alicyclic amines) is 1. The molecule has 2 aromatic rings. The smallest absolute Gasteiger partial charge is 0.407 e. The molecule has 26 heavy (non-hydrogen) atoms. The topological polar surface area (TPSA) is 89.7 Å². The quantitative estimate of drug-likeness (QED) is 0.836. The van der Waals surface area contributed by atoms with Gasteiger partial charge in [-0.15, -0.1) is 16.4 Å². The lowest BCUT2D eigenvalue weighted by molar-refractivity contribution is -0.143. The predicted octanol–water partition coefficient (Wildman–Crippen LogP) is 2.96. The molecule has 0 saturated carbocycles. The molecular formula is C16H19ClN4O4S. The van der Waals surface area contributed by atoms with E-state index >= 15 is 0 Å². The van der Waals surface area contributed by atoms with Crippen molar-refractivity contribution in [3.05, 3.63) is 32.7 Å². The fourth-order valence-corrected chi connectivity index (χ4v) is 5.35. The summed E-state index contributed by atoms with van der Waals surface area (Å²) >= 11 is 7.77. The van der Waals surface area contributed by atoms with Crippen LogP contribution in [0, 0.1) is 0 Å². The van der Waals surface area contributed by atoms with E-state index in [4.69, 9.17) is 21.1 Å². The molecule has 4 heterocycles. The van der Waals surface area contributed by atoms with Crippen LogP contribution >= 0.6 is 22.9 Å². The molecule has 0 radical (unpaired) electrons. The molecule has 1 unspecified atom stereocenters. The van der Waals surface area contributed by atoms with Gasteiger partial charge in [-0.1, -0.05) is 16.8 Å². The Bertz CT molecular complexity index is 840. The third kappa shape index (κ3) is 2.79. The first-order valence-electron chi connectivity index (χ1n) is 8.26. The van der Waals surface area contributed by atoms with E-state index in [2.05, 4.69) is 10.3 Å². The van der Waals surface area contributed by atoms with Crippen molar-refractivity contribution in [1.82, 2.24) is 19.9 Å². The SMILES string of the molecule is COC1CO[C@]2(CCN(C(=O)O)[C@H](c3cn(C)nn3)C2)c2sc(Cl)cc21. The Morgan fingerprint density at radius 2 is 2.38 bits per heavy atom. The number of hydrogen-bond donors (Lipinski definition) is 1. The number of carbonyl (C=O) groups is 1. The molecule has 1 spiro atoms. The lowest BCUT2D eigenvalue weighted by Gasteiger charge is -2.47. The number of aromatic nitrogens is 3. The second-order valence-electron chi connectivity index (χ2n) is 6.63. The number of hydrogen-bond acceptors (Lipinski definition) is 6. The van der Waals surface area contributed by atoms with Gasteiger partial charge in [-0.25, -0.2) is 4.79 Å². The van der Waals surface area contributed by atoms with Crippen molar-refractivity contribution < 1.29 is 19.4 Å². The van der Waals surface area contributed by atoms with E-state index in [0.29, 0.717) is 36.0 Å². The number of fused-ring (bicyclic) bond motifs is 2. The van der Waals surface area contributed by atoms with Crippen LogP contribution < -0.4 is 0 Å². The molecule has 8 nitrogen and oxygen atoms in total. The van der Waals surface area contributed by atoms with Crippen LogP contribution in [0.1, 0.15) is 41.1 Å². The van der Waals surface area contributed by atoms with Gasteiger partial charge >= 0.3 is 6.09 Å². The van der Waals surface area contributed by atoms with Crippen molar-refractivity contribution in [2.45, 2.75) is 30.6 Å². The van der Waals surface area contributed by atoms with Gasteiger partial charge < -0.3 is 14.6 Å². The largest absolute Gasteiger partial charge is 0.465 e. The number of piperidine rings is 1. The van der Waals surface area contributed by atoms with Crippen LogP contribution in [0.2, 0.25) is 4.34 Å². The zero-order chi connectivity index (χ0) is 18.5. The summed E-state index contributed by atoms with van der Waals surface area (Å²) in [6.45, 7) is 0.764. The molecule has 1 N–H and O–H groups in total. The predicted molar refractivity (Wildman–Crippen MR) is 94.4 cm³/mol. The van der Waals surface area contributed by atoms with Crippen molar-refractivity contribution in [2.24, 2.45) is 7.05 Å². The molecule has 2 aliphatic heterocycles. The lowest BCUT2D eigenvalue weighted by atomic mass is 9.80. The van der Waals surface area contributed by atoms with Crippen molar-refractivity contribution in [3.8, 4) is 0 Å². The molecule has 10 heteroatoms. The number of methoxy groups -OCH3 is 1. The maximum atomic E-state index is 11.8. The van der Waals surface area contributed by atoms with E-state index in [-0.39, 0.29) is 6.10 Å². The molecule has 0 bridgehead atoms. The van der Waals surface area contributed by atoms with Gasteiger partial charge in [0.1, 0.15) is 17.4 Å². The highest BCUT2D eigenvalue weighted by molar-refractivity contribution is 7.16. The molecule has 140 valence electrons. The third-order valence-electron chi connectivity index (χ3n) is 5.15. The first-order valence-corrected chi connectivity index (χ1v) is 9.45. The van der Waals surface area contributed by atoms with E-state index in [9.17, 15) is 9.90 Å². The Morgan fingerprint density at radius 1 is 1.58 bits per heavy atom. The summed E-state index contributed by atoms with van der Waals surface area (Å²) in [6.07, 6.45) is 1.66. The Morgan fingerprint density at radius 3 is 3.04 bits per heavy atom. The number of halogens is 1. The number of rotatable bonds is 2. The van der Waals surface area contributed by atoms with Crippen LogP contribution in [0.3, 0.4) is 0 Å². The molecule has 1 saturated heterocycles.